The Balaban J connectivity index is 0.00000341. The monoisotopic (exact) mass is 540 g/mol. The van der Waals surface area contributed by atoms with Crippen LogP contribution in [0.3, 0.4) is 0 Å². The molecule has 0 saturated carbocycles. The third kappa shape index (κ3) is 6.34. The minimum Gasteiger partial charge on any atom is -0.450 e. The van der Waals surface area contributed by atoms with Gasteiger partial charge in [-0.2, -0.15) is 5.10 Å². The number of likely N-dealkylation sites (tertiary alicyclic amines) is 1. The molecule has 2 N–H and O–H groups in total. The van der Waals surface area contributed by atoms with Crippen molar-refractivity contribution in [2.45, 2.75) is 46.2 Å². The molecule has 1 aliphatic heterocycles. The first-order valence-electron chi connectivity index (χ1n) is 10.5. The van der Waals surface area contributed by atoms with Crippen LogP contribution in [0.25, 0.3) is 5.69 Å². The molecule has 0 unspecified atom stereocenters. The number of rotatable bonds is 5. The van der Waals surface area contributed by atoms with Crippen LogP contribution < -0.4 is 10.6 Å². The van der Waals surface area contributed by atoms with Crippen LogP contribution in [0, 0.1) is 13.8 Å². The number of carbonyl (C=O) groups excluding carboxylic acids is 1. The van der Waals surface area contributed by atoms with Crippen LogP contribution in [-0.2, 0) is 11.3 Å². The number of guanidine groups is 1. The van der Waals surface area contributed by atoms with E-state index in [1.165, 1.54) is 5.56 Å². The molecule has 1 aliphatic rings. The predicted molar refractivity (Wildman–Crippen MR) is 133 cm³/mol. The molecule has 2 heterocycles. The molecule has 3 rings (SSSR count). The molecule has 1 aromatic heterocycles. The summed E-state index contributed by atoms with van der Waals surface area (Å²) in [6, 6.07) is 10.4. The molecular weight excluding hydrogens is 507 g/mol. The summed E-state index contributed by atoms with van der Waals surface area (Å²) < 4.78 is 7.07. The lowest BCUT2D eigenvalue weighted by atomic mass is 10.1. The van der Waals surface area contributed by atoms with Crippen LogP contribution in [0.5, 0.6) is 0 Å². The molecule has 1 amide bonds. The maximum Gasteiger partial charge on any atom is 0.409 e. The topological polar surface area (TPSA) is 83.8 Å². The van der Waals surface area contributed by atoms with Crippen molar-refractivity contribution in [2.75, 3.05) is 26.7 Å². The maximum absolute atomic E-state index is 11.9. The number of hydrogen-bond donors (Lipinski definition) is 2. The van der Waals surface area contributed by atoms with Crippen LogP contribution in [0.15, 0.2) is 35.3 Å². The molecule has 170 valence electrons. The van der Waals surface area contributed by atoms with E-state index in [0.29, 0.717) is 26.2 Å². The molecule has 8 nitrogen and oxygen atoms in total. The number of nitrogens with one attached hydrogen (secondary N) is 2. The standard InChI is InChI=1S/C22H32N6O2.HI/c1-5-30-22(29)27-13-11-18(12-14-27)25-21(23-4)24-15-20-16(2)26-28(17(20)3)19-9-7-6-8-10-19;/h6-10,18H,5,11-15H2,1-4H3,(H2,23,24,25);1H. The van der Waals surface area contributed by atoms with Gasteiger partial charge in [0.2, 0.25) is 0 Å². The summed E-state index contributed by atoms with van der Waals surface area (Å²) >= 11 is 0. The zero-order valence-corrected chi connectivity index (χ0v) is 21.1. The number of para-hydroxylation sites is 1. The molecular formula is C22H33IN6O2. The van der Waals surface area contributed by atoms with Crippen molar-refractivity contribution < 1.29 is 9.53 Å². The second-order valence-corrected chi connectivity index (χ2v) is 7.43. The largest absolute Gasteiger partial charge is 0.450 e. The lowest BCUT2D eigenvalue weighted by Gasteiger charge is -2.32. The molecule has 1 saturated heterocycles. The van der Waals surface area contributed by atoms with Crippen molar-refractivity contribution >= 4 is 36.0 Å². The zero-order valence-electron chi connectivity index (χ0n) is 18.7. The van der Waals surface area contributed by atoms with E-state index in [1.54, 1.807) is 11.9 Å². The molecule has 1 fully saturated rings. The maximum atomic E-state index is 11.9. The molecule has 0 atom stereocenters. The van der Waals surface area contributed by atoms with Crippen molar-refractivity contribution in [1.82, 2.24) is 25.3 Å². The summed E-state index contributed by atoms with van der Waals surface area (Å²) in [7, 11) is 1.77. The Hall–Kier alpha value is -2.30. The summed E-state index contributed by atoms with van der Waals surface area (Å²) in [6.45, 7) is 8.38. The van der Waals surface area contributed by atoms with Gasteiger partial charge < -0.3 is 20.3 Å². The zero-order chi connectivity index (χ0) is 21.5. The van der Waals surface area contributed by atoms with E-state index < -0.39 is 0 Å². The van der Waals surface area contributed by atoms with E-state index in [2.05, 4.69) is 34.7 Å². The summed E-state index contributed by atoms with van der Waals surface area (Å²) in [6.07, 6.45) is 1.51. The summed E-state index contributed by atoms with van der Waals surface area (Å²) in [4.78, 5) is 18.0. The van der Waals surface area contributed by atoms with Crippen LogP contribution in [0.4, 0.5) is 4.79 Å². The molecule has 1 aromatic carbocycles. The van der Waals surface area contributed by atoms with E-state index in [0.717, 1.165) is 35.9 Å². The Morgan fingerprint density at radius 3 is 2.52 bits per heavy atom. The van der Waals surface area contributed by atoms with Crippen molar-refractivity contribution in [3.8, 4) is 5.69 Å². The van der Waals surface area contributed by atoms with Gasteiger partial charge in [-0.1, -0.05) is 18.2 Å². The van der Waals surface area contributed by atoms with E-state index in [-0.39, 0.29) is 36.1 Å². The van der Waals surface area contributed by atoms with Crippen LogP contribution in [-0.4, -0.2) is 59.5 Å². The lowest BCUT2D eigenvalue weighted by molar-refractivity contribution is 0.0963. The fraction of sp³-hybridized carbons (Fsp3) is 0.500. The van der Waals surface area contributed by atoms with Gasteiger partial charge in [0, 0.05) is 44.0 Å². The normalized spacial score (nSPS) is 14.7. The number of carbonyl (C=O) groups is 1. The molecule has 31 heavy (non-hydrogen) atoms. The summed E-state index contributed by atoms with van der Waals surface area (Å²) in [5, 5.41) is 11.6. The van der Waals surface area contributed by atoms with E-state index in [9.17, 15) is 4.79 Å². The smallest absolute Gasteiger partial charge is 0.409 e. The molecule has 2 aromatic rings. The number of aryl methyl sites for hydroxylation is 1. The SMILES string of the molecule is CCOC(=O)N1CCC(NC(=NC)NCc2c(C)nn(-c3ccccc3)c2C)CC1.I. The number of aliphatic imine (C=N–C) groups is 1. The molecule has 0 spiro atoms. The van der Waals surface area contributed by atoms with Gasteiger partial charge in [-0.3, -0.25) is 4.99 Å². The van der Waals surface area contributed by atoms with Gasteiger partial charge in [0.1, 0.15) is 0 Å². The summed E-state index contributed by atoms with van der Waals surface area (Å²) in [5.41, 5.74) is 4.34. The van der Waals surface area contributed by atoms with Crippen molar-refractivity contribution in [1.29, 1.82) is 0 Å². The third-order valence-corrected chi connectivity index (χ3v) is 5.46. The number of aromatic nitrogens is 2. The third-order valence-electron chi connectivity index (χ3n) is 5.46. The first-order chi connectivity index (χ1) is 14.5. The van der Waals surface area contributed by atoms with Gasteiger partial charge in [-0.25, -0.2) is 9.48 Å². The highest BCUT2D eigenvalue weighted by Gasteiger charge is 2.24. The summed E-state index contributed by atoms with van der Waals surface area (Å²) in [5.74, 6) is 0.760. The van der Waals surface area contributed by atoms with E-state index >= 15 is 0 Å². The van der Waals surface area contributed by atoms with Gasteiger partial charge >= 0.3 is 6.09 Å². The highest BCUT2D eigenvalue weighted by molar-refractivity contribution is 14.0. The quantitative estimate of drug-likeness (QED) is 0.345. The fourth-order valence-electron chi connectivity index (χ4n) is 3.73. The Morgan fingerprint density at radius 2 is 1.90 bits per heavy atom. The highest BCUT2D eigenvalue weighted by atomic mass is 127. The second kappa shape index (κ2) is 11.9. The number of ether oxygens (including phenoxy) is 1. The number of piperidine rings is 1. The lowest BCUT2D eigenvalue weighted by Crippen LogP contribution is -2.49. The average molecular weight is 540 g/mol. The van der Waals surface area contributed by atoms with Crippen molar-refractivity contribution in [3.63, 3.8) is 0 Å². The van der Waals surface area contributed by atoms with Crippen molar-refractivity contribution in [3.05, 3.63) is 47.3 Å². The highest BCUT2D eigenvalue weighted by Crippen LogP contribution is 2.18. The second-order valence-electron chi connectivity index (χ2n) is 7.43. The minimum atomic E-state index is -0.222. The predicted octanol–water partition coefficient (Wildman–Crippen LogP) is 3.39. The fourth-order valence-corrected chi connectivity index (χ4v) is 3.73. The van der Waals surface area contributed by atoms with Gasteiger partial charge in [-0.15, -0.1) is 24.0 Å². The van der Waals surface area contributed by atoms with Crippen molar-refractivity contribution in [2.24, 2.45) is 4.99 Å². The Morgan fingerprint density at radius 1 is 1.23 bits per heavy atom. The Kier molecular flexibility index (Phi) is 9.60. The molecule has 0 radical (unpaired) electrons. The van der Waals surface area contributed by atoms with Crippen LogP contribution in [0.1, 0.15) is 36.7 Å². The first-order valence-corrected chi connectivity index (χ1v) is 10.5. The minimum absolute atomic E-state index is 0. The van der Waals surface area contributed by atoms with Crippen LogP contribution in [0.2, 0.25) is 0 Å². The Bertz CT molecular complexity index is 876. The number of halogens is 1. The van der Waals surface area contributed by atoms with Gasteiger partial charge in [-0.05, 0) is 45.7 Å². The van der Waals surface area contributed by atoms with Gasteiger partial charge in [0.15, 0.2) is 5.96 Å². The number of nitrogens with zero attached hydrogens (tertiary/aromatic N) is 4. The molecule has 0 aliphatic carbocycles. The van der Waals surface area contributed by atoms with Gasteiger partial charge in [0.25, 0.3) is 0 Å². The number of amides is 1. The average Bonchev–Trinajstić information content (AvgIpc) is 3.05. The van der Waals surface area contributed by atoms with Crippen LogP contribution >= 0.6 is 24.0 Å². The van der Waals surface area contributed by atoms with E-state index in [4.69, 9.17) is 9.84 Å². The first kappa shape index (κ1) is 25.0. The molecule has 9 heteroatoms. The van der Waals surface area contributed by atoms with E-state index in [1.807, 2.05) is 36.7 Å². The number of benzene rings is 1. The number of hydrogen-bond acceptors (Lipinski definition) is 4. The molecule has 0 bridgehead atoms. The van der Waals surface area contributed by atoms with Gasteiger partial charge in [0.05, 0.1) is 18.0 Å². The Labute approximate surface area is 201 Å².